The molecule has 0 bridgehead atoms. The summed E-state index contributed by atoms with van der Waals surface area (Å²) >= 11 is 0. The van der Waals surface area contributed by atoms with E-state index < -0.39 is 0 Å². The number of carbonyl (C=O) groups excluding carboxylic acids is 1. The van der Waals surface area contributed by atoms with E-state index in [0.29, 0.717) is 31.1 Å². The van der Waals surface area contributed by atoms with Crippen molar-refractivity contribution in [2.75, 3.05) is 13.1 Å². The smallest absolute Gasteiger partial charge is 0.257 e. The van der Waals surface area contributed by atoms with Crippen LogP contribution in [0.15, 0.2) is 61.3 Å². The lowest BCUT2D eigenvalue weighted by Crippen LogP contribution is -2.43. The molecule has 0 radical (unpaired) electrons. The molecule has 1 unspecified atom stereocenters. The van der Waals surface area contributed by atoms with Crippen molar-refractivity contribution < 1.29 is 9.53 Å². The summed E-state index contributed by atoms with van der Waals surface area (Å²) in [6.45, 7) is 1.74. The molecule has 0 aromatic carbocycles. The highest BCUT2D eigenvalue weighted by Crippen LogP contribution is 2.18. The van der Waals surface area contributed by atoms with Gasteiger partial charge in [0.2, 0.25) is 0 Å². The summed E-state index contributed by atoms with van der Waals surface area (Å²) in [4.78, 5) is 31.6. The minimum Gasteiger partial charge on any atom is -0.370 e. The van der Waals surface area contributed by atoms with Gasteiger partial charge in [0.05, 0.1) is 24.0 Å². The van der Waals surface area contributed by atoms with Gasteiger partial charge in [-0.15, -0.1) is 0 Å². The van der Waals surface area contributed by atoms with Gasteiger partial charge >= 0.3 is 0 Å². The number of nitrogens with zero attached hydrogens (tertiary/aromatic N) is 5. The fourth-order valence-electron chi connectivity index (χ4n) is 3.22. The Hall–Kier alpha value is -3.19. The molecule has 3 aromatic heterocycles. The zero-order valence-electron chi connectivity index (χ0n) is 15.4. The minimum absolute atomic E-state index is 0.0108. The average molecular weight is 375 g/mol. The first-order chi connectivity index (χ1) is 13.8. The van der Waals surface area contributed by atoms with Gasteiger partial charge in [-0.05, 0) is 37.1 Å². The van der Waals surface area contributed by atoms with Crippen LogP contribution in [0.4, 0.5) is 0 Å². The molecule has 1 fully saturated rings. The number of hydrogen-bond donors (Lipinski definition) is 0. The first-order valence-corrected chi connectivity index (χ1v) is 9.33. The normalized spacial score (nSPS) is 16.7. The van der Waals surface area contributed by atoms with E-state index in [9.17, 15) is 4.79 Å². The Morgan fingerprint density at radius 2 is 1.89 bits per heavy atom. The van der Waals surface area contributed by atoms with Crippen LogP contribution in [0, 0.1) is 0 Å². The van der Waals surface area contributed by atoms with Crippen LogP contribution in [-0.4, -0.2) is 49.9 Å². The van der Waals surface area contributed by atoms with E-state index in [-0.39, 0.29) is 12.0 Å². The lowest BCUT2D eigenvalue weighted by atomic mass is 10.1. The summed E-state index contributed by atoms with van der Waals surface area (Å²) in [5.74, 6) is 0.515. The fraction of sp³-hybridized carbons (Fsp3) is 0.286. The van der Waals surface area contributed by atoms with E-state index in [2.05, 4.69) is 19.9 Å². The first-order valence-electron chi connectivity index (χ1n) is 9.33. The van der Waals surface area contributed by atoms with Gasteiger partial charge in [0, 0.05) is 49.6 Å². The Bertz CT molecular complexity index is 903. The number of aromatic nitrogens is 4. The highest BCUT2D eigenvalue weighted by atomic mass is 16.5. The number of ether oxygens (including phenoxy) is 1. The molecule has 0 saturated carbocycles. The van der Waals surface area contributed by atoms with E-state index in [0.717, 1.165) is 24.1 Å². The summed E-state index contributed by atoms with van der Waals surface area (Å²) in [6.07, 6.45) is 10.2. The van der Waals surface area contributed by atoms with Crippen LogP contribution in [0.25, 0.3) is 11.4 Å². The fourth-order valence-corrected chi connectivity index (χ4v) is 3.22. The molecule has 1 aliphatic heterocycles. The Morgan fingerprint density at radius 1 is 1.07 bits per heavy atom. The second-order valence-electron chi connectivity index (χ2n) is 6.68. The average Bonchev–Trinajstić information content (AvgIpc) is 2.79. The van der Waals surface area contributed by atoms with Gasteiger partial charge in [-0.25, -0.2) is 9.97 Å². The summed E-state index contributed by atoms with van der Waals surface area (Å²) < 4.78 is 5.97. The van der Waals surface area contributed by atoms with E-state index in [1.807, 2.05) is 35.2 Å². The monoisotopic (exact) mass is 375 g/mol. The highest BCUT2D eigenvalue weighted by molar-refractivity contribution is 5.93. The van der Waals surface area contributed by atoms with E-state index in [4.69, 9.17) is 4.74 Å². The number of rotatable bonds is 5. The number of amides is 1. The van der Waals surface area contributed by atoms with Gasteiger partial charge in [0.15, 0.2) is 5.82 Å². The molecule has 0 aliphatic carbocycles. The predicted octanol–water partition coefficient (Wildman–Crippen LogP) is 2.76. The van der Waals surface area contributed by atoms with Crippen molar-refractivity contribution in [3.63, 3.8) is 0 Å². The van der Waals surface area contributed by atoms with E-state index >= 15 is 0 Å². The molecule has 7 heteroatoms. The summed E-state index contributed by atoms with van der Waals surface area (Å²) in [5, 5.41) is 0. The summed E-state index contributed by atoms with van der Waals surface area (Å²) in [7, 11) is 0. The lowest BCUT2D eigenvalue weighted by molar-refractivity contribution is -0.00787. The van der Waals surface area contributed by atoms with E-state index in [1.165, 1.54) is 0 Å². The third-order valence-electron chi connectivity index (χ3n) is 4.70. The van der Waals surface area contributed by atoms with Crippen molar-refractivity contribution in [1.29, 1.82) is 0 Å². The molecule has 1 aliphatic rings. The molecule has 3 aromatic rings. The second-order valence-corrected chi connectivity index (χ2v) is 6.68. The molecular formula is C21H21N5O2. The third kappa shape index (κ3) is 4.37. The van der Waals surface area contributed by atoms with E-state index in [1.54, 1.807) is 31.0 Å². The Balaban J connectivity index is 1.37. The molecule has 142 valence electrons. The molecule has 28 heavy (non-hydrogen) atoms. The molecule has 0 N–H and O–H groups in total. The van der Waals surface area contributed by atoms with Crippen molar-refractivity contribution in [3.05, 3.63) is 72.6 Å². The lowest BCUT2D eigenvalue weighted by Gasteiger charge is -2.32. The van der Waals surface area contributed by atoms with Gasteiger partial charge in [-0.3, -0.25) is 14.8 Å². The molecule has 1 atom stereocenters. The predicted molar refractivity (Wildman–Crippen MR) is 103 cm³/mol. The summed E-state index contributed by atoms with van der Waals surface area (Å²) in [6, 6.07) is 9.44. The molecule has 0 spiro atoms. The maximum absolute atomic E-state index is 12.8. The highest BCUT2D eigenvalue weighted by Gasteiger charge is 2.25. The van der Waals surface area contributed by atoms with Crippen LogP contribution in [-0.2, 0) is 11.3 Å². The number of carbonyl (C=O) groups is 1. The zero-order chi connectivity index (χ0) is 19.2. The topological polar surface area (TPSA) is 81.1 Å². The SMILES string of the molecule is O=C(c1cnc(-c2ccncc2)nc1)N1CCCC(OCc2ccccn2)C1. The van der Waals surface area contributed by atoms with Crippen LogP contribution in [0.3, 0.4) is 0 Å². The third-order valence-corrected chi connectivity index (χ3v) is 4.70. The Labute approximate surface area is 163 Å². The molecule has 1 amide bonds. The molecule has 4 rings (SSSR count). The Morgan fingerprint density at radius 3 is 2.64 bits per heavy atom. The molecule has 4 heterocycles. The van der Waals surface area contributed by atoms with Crippen molar-refractivity contribution in [2.24, 2.45) is 0 Å². The maximum Gasteiger partial charge on any atom is 0.257 e. The van der Waals surface area contributed by atoms with Crippen molar-refractivity contribution >= 4 is 5.91 Å². The van der Waals surface area contributed by atoms with Crippen LogP contribution < -0.4 is 0 Å². The number of piperidine rings is 1. The maximum atomic E-state index is 12.8. The van der Waals surface area contributed by atoms with Crippen molar-refractivity contribution in [2.45, 2.75) is 25.6 Å². The van der Waals surface area contributed by atoms with Gasteiger partial charge in [0.25, 0.3) is 5.91 Å². The summed E-state index contributed by atoms with van der Waals surface area (Å²) in [5.41, 5.74) is 2.25. The van der Waals surface area contributed by atoms with Crippen LogP contribution in [0.1, 0.15) is 28.9 Å². The van der Waals surface area contributed by atoms with Crippen LogP contribution in [0.5, 0.6) is 0 Å². The first kappa shape index (κ1) is 18.2. The quantitative estimate of drug-likeness (QED) is 0.682. The molecule has 7 nitrogen and oxygen atoms in total. The minimum atomic E-state index is -0.0626. The van der Waals surface area contributed by atoms with Crippen molar-refractivity contribution in [3.8, 4) is 11.4 Å². The zero-order valence-corrected chi connectivity index (χ0v) is 15.4. The number of hydrogen-bond acceptors (Lipinski definition) is 6. The Kier molecular flexibility index (Phi) is 5.63. The molecule has 1 saturated heterocycles. The standard InChI is InChI=1S/C21H21N5O2/c27-21(17-12-24-20(25-13-17)16-6-9-22-10-7-16)26-11-3-5-19(14-26)28-15-18-4-1-2-8-23-18/h1-2,4,6-10,12-13,19H,3,5,11,14-15H2. The number of likely N-dealkylation sites (tertiary alicyclic amines) is 1. The molecular weight excluding hydrogens is 354 g/mol. The van der Waals surface area contributed by atoms with Crippen molar-refractivity contribution in [1.82, 2.24) is 24.8 Å². The van der Waals surface area contributed by atoms with Gasteiger partial charge in [-0.2, -0.15) is 0 Å². The van der Waals surface area contributed by atoms with Gasteiger partial charge in [-0.1, -0.05) is 6.07 Å². The van der Waals surface area contributed by atoms with Crippen LogP contribution >= 0.6 is 0 Å². The largest absolute Gasteiger partial charge is 0.370 e. The second kappa shape index (κ2) is 8.67. The van der Waals surface area contributed by atoms with Gasteiger partial charge in [0.1, 0.15) is 0 Å². The van der Waals surface area contributed by atoms with Gasteiger partial charge < -0.3 is 9.64 Å². The number of pyridine rings is 2. The van der Waals surface area contributed by atoms with Crippen LogP contribution in [0.2, 0.25) is 0 Å².